The Kier molecular flexibility index (Phi) is 9.96. The van der Waals surface area contributed by atoms with Crippen molar-refractivity contribution in [3.05, 3.63) is 82.2 Å². The number of hydrogen-bond acceptors (Lipinski definition) is 5. The largest absolute Gasteiger partial charge is 0.491 e. The molecule has 0 aliphatic carbocycles. The molecule has 1 N–H and O–H groups in total. The summed E-state index contributed by atoms with van der Waals surface area (Å²) >= 11 is 0. The molecule has 1 aromatic heterocycles. The molecule has 3 aromatic rings. The van der Waals surface area contributed by atoms with Gasteiger partial charge in [-0.05, 0) is 73.7 Å². The monoisotopic (exact) mass is 518 g/mol. The van der Waals surface area contributed by atoms with Crippen molar-refractivity contribution in [3.63, 3.8) is 0 Å². The number of nitrogens with zero attached hydrogens (tertiary/aromatic N) is 3. The highest BCUT2D eigenvalue weighted by Gasteiger charge is 2.14. The summed E-state index contributed by atoms with van der Waals surface area (Å²) < 4.78 is 13.9. The zero-order chi connectivity index (χ0) is 26.9. The number of aryl methyl sites for hydroxylation is 2. The first-order valence-corrected chi connectivity index (χ1v) is 13.8. The summed E-state index contributed by atoms with van der Waals surface area (Å²) in [4.78, 5) is 15.5. The molecule has 2 aromatic carbocycles. The highest BCUT2D eigenvalue weighted by Crippen LogP contribution is 2.25. The van der Waals surface area contributed by atoms with E-state index in [2.05, 4.69) is 53.4 Å². The van der Waals surface area contributed by atoms with Gasteiger partial charge in [0.1, 0.15) is 12.4 Å². The Morgan fingerprint density at radius 2 is 1.87 bits per heavy atom. The number of carbonyl (C=O) groups is 1. The van der Waals surface area contributed by atoms with Crippen molar-refractivity contribution in [1.29, 1.82) is 0 Å². The van der Waals surface area contributed by atoms with E-state index in [1.165, 1.54) is 17.5 Å². The number of hydrogen-bond donors (Lipinski definition) is 1. The smallest absolute Gasteiger partial charge is 0.251 e. The van der Waals surface area contributed by atoms with Gasteiger partial charge in [0.2, 0.25) is 0 Å². The van der Waals surface area contributed by atoms with Crippen LogP contribution in [0.4, 0.5) is 0 Å². The fourth-order valence-corrected chi connectivity index (χ4v) is 4.81. The molecule has 0 saturated heterocycles. The summed E-state index contributed by atoms with van der Waals surface area (Å²) in [6, 6.07) is 16.5. The molecule has 1 aliphatic heterocycles. The van der Waals surface area contributed by atoms with E-state index in [-0.39, 0.29) is 5.91 Å². The van der Waals surface area contributed by atoms with E-state index >= 15 is 0 Å². The predicted octanol–water partition coefficient (Wildman–Crippen LogP) is 4.78. The van der Waals surface area contributed by atoms with Crippen LogP contribution in [0.5, 0.6) is 5.75 Å². The van der Waals surface area contributed by atoms with Gasteiger partial charge < -0.3 is 14.8 Å². The highest BCUT2D eigenvalue weighted by atomic mass is 16.5. The second-order valence-electron chi connectivity index (χ2n) is 10.6. The molecule has 0 fully saturated rings. The number of amides is 1. The molecule has 0 unspecified atom stereocenters. The van der Waals surface area contributed by atoms with Crippen LogP contribution in [0.1, 0.15) is 58.7 Å². The van der Waals surface area contributed by atoms with Crippen LogP contribution < -0.4 is 10.1 Å². The van der Waals surface area contributed by atoms with Gasteiger partial charge in [0.15, 0.2) is 0 Å². The summed E-state index contributed by atoms with van der Waals surface area (Å²) in [6.07, 6.45) is 1.87. The molecule has 7 heteroatoms. The number of aromatic nitrogens is 2. The summed E-state index contributed by atoms with van der Waals surface area (Å²) in [6.45, 7) is 14.3. The molecule has 1 aliphatic rings. The second kappa shape index (κ2) is 13.6. The van der Waals surface area contributed by atoms with Crippen molar-refractivity contribution < 1.29 is 14.3 Å². The van der Waals surface area contributed by atoms with Crippen molar-refractivity contribution in [3.8, 4) is 5.75 Å². The first-order chi connectivity index (χ1) is 18.4. The van der Waals surface area contributed by atoms with Crippen LogP contribution in [-0.2, 0) is 24.2 Å². The van der Waals surface area contributed by atoms with E-state index in [1.54, 1.807) is 0 Å². The van der Waals surface area contributed by atoms with Crippen LogP contribution in [0.15, 0.2) is 48.5 Å². The molecule has 4 rings (SSSR count). The zero-order valence-corrected chi connectivity index (χ0v) is 23.3. The third-order valence-corrected chi connectivity index (χ3v) is 6.89. The topological polar surface area (TPSA) is 68.6 Å². The van der Waals surface area contributed by atoms with Gasteiger partial charge in [-0.3, -0.25) is 14.4 Å². The molecular formula is C31H42N4O3. The lowest BCUT2D eigenvalue weighted by Gasteiger charge is -2.24. The van der Waals surface area contributed by atoms with Crippen LogP contribution in [0.3, 0.4) is 0 Å². The first kappa shape index (κ1) is 27.9. The third-order valence-electron chi connectivity index (χ3n) is 6.89. The normalized spacial score (nSPS) is 15.0. The van der Waals surface area contributed by atoms with E-state index in [9.17, 15) is 4.79 Å². The summed E-state index contributed by atoms with van der Waals surface area (Å²) in [5, 5.41) is 7.51. The van der Waals surface area contributed by atoms with Gasteiger partial charge in [-0.1, -0.05) is 38.1 Å². The molecule has 7 nitrogen and oxygen atoms in total. The number of carbonyl (C=O) groups excluding carboxylic acids is 1. The van der Waals surface area contributed by atoms with Crippen molar-refractivity contribution in [2.24, 2.45) is 5.92 Å². The first-order valence-electron chi connectivity index (χ1n) is 13.8. The van der Waals surface area contributed by atoms with Crippen molar-refractivity contribution in [1.82, 2.24) is 20.0 Å². The molecule has 2 bridgehead atoms. The minimum Gasteiger partial charge on any atom is -0.491 e. The van der Waals surface area contributed by atoms with Crippen LogP contribution in [0.25, 0.3) is 0 Å². The van der Waals surface area contributed by atoms with E-state index < -0.39 is 0 Å². The van der Waals surface area contributed by atoms with Gasteiger partial charge in [-0.25, -0.2) is 0 Å². The van der Waals surface area contributed by atoms with Gasteiger partial charge in [0, 0.05) is 37.3 Å². The molecule has 38 heavy (non-hydrogen) atoms. The lowest BCUT2D eigenvalue weighted by atomic mass is 9.99. The molecule has 0 spiro atoms. The maximum Gasteiger partial charge on any atom is 0.251 e. The van der Waals surface area contributed by atoms with E-state index in [4.69, 9.17) is 9.47 Å². The Morgan fingerprint density at radius 1 is 1.03 bits per heavy atom. The van der Waals surface area contributed by atoms with E-state index in [0.29, 0.717) is 50.8 Å². The number of fused-ring (bicyclic) bond motifs is 3. The fraction of sp³-hybridized carbons (Fsp3) is 0.484. The van der Waals surface area contributed by atoms with Gasteiger partial charge in [-0.15, -0.1) is 0 Å². The summed E-state index contributed by atoms with van der Waals surface area (Å²) in [7, 11) is 0. The fourth-order valence-electron chi connectivity index (χ4n) is 4.81. The predicted molar refractivity (Wildman–Crippen MR) is 151 cm³/mol. The van der Waals surface area contributed by atoms with Crippen LogP contribution in [0, 0.1) is 19.8 Å². The average Bonchev–Trinajstić information content (AvgIpc) is 3.21. The Hall–Kier alpha value is -3.16. The van der Waals surface area contributed by atoms with Crippen LogP contribution >= 0.6 is 0 Å². The molecule has 0 saturated carbocycles. The molecular weight excluding hydrogens is 476 g/mol. The Labute approximate surface area is 227 Å². The van der Waals surface area contributed by atoms with Crippen molar-refractivity contribution in [2.45, 2.75) is 53.6 Å². The lowest BCUT2D eigenvalue weighted by Crippen LogP contribution is -2.29. The summed E-state index contributed by atoms with van der Waals surface area (Å²) in [5.74, 6) is 1.38. The molecule has 0 radical (unpaired) electrons. The van der Waals surface area contributed by atoms with Gasteiger partial charge in [0.05, 0.1) is 25.5 Å². The van der Waals surface area contributed by atoms with Crippen LogP contribution in [0.2, 0.25) is 0 Å². The van der Waals surface area contributed by atoms with E-state index in [1.807, 2.05) is 42.8 Å². The molecule has 0 atom stereocenters. The number of benzene rings is 2. The molecule has 2 heterocycles. The average molecular weight is 519 g/mol. The quantitative estimate of drug-likeness (QED) is 0.488. The standard InChI is InChI=1S/C31H42N4O3/c1-23(2)10-12-34-14-15-37-16-17-38-30-9-8-28(21-29(30)20-26-6-5-7-27(19-26)22-34)31(36)32-11-13-35-25(4)18-24(3)33-35/h5-9,18-19,21,23H,10-17,20,22H2,1-4H3,(H,32,36). The molecule has 204 valence electrons. The molecule has 1 amide bonds. The maximum absolute atomic E-state index is 13.0. The SMILES string of the molecule is Cc1cc(C)n(CCNC(=O)c2ccc3c(c2)Cc2cccc(c2)CN(CCC(C)C)CCOCCO3)n1. The third kappa shape index (κ3) is 8.17. The van der Waals surface area contributed by atoms with Crippen molar-refractivity contribution in [2.75, 3.05) is 39.5 Å². The number of nitrogens with one attached hydrogen (secondary N) is 1. The number of rotatable bonds is 7. The summed E-state index contributed by atoms with van der Waals surface area (Å²) in [5.41, 5.74) is 6.22. The highest BCUT2D eigenvalue weighted by molar-refractivity contribution is 5.94. The zero-order valence-electron chi connectivity index (χ0n) is 23.3. The van der Waals surface area contributed by atoms with E-state index in [0.717, 1.165) is 42.3 Å². The second-order valence-corrected chi connectivity index (χ2v) is 10.6. The van der Waals surface area contributed by atoms with Crippen LogP contribution in [-0.4, -0.2) is 60.0 Å². The minimum atomic E-state index is -0.0911. The Balaban J connectivity index is 1.48. The number of ether oxygens (including phenoxy) is 2. The van der Waals surface area contributed by atoms with Gasteiger partial charge in [-0.2, -0.15) is 5.10 Å². The lowest BCUT2D eigenvalue weighted by molar-refractivity contribution is 0.0764. The minimum absolute atomic E-state index is 0.0911. The Morgan fingerprint density at radius 3 is 2.66 bits per heavy atom. The van der Waals surface area contributed by atoms with Gasteiger partial charge in [0.25, 0.3) is 5.91 Å². The Bertz CT molecular complexity index is 1200. The van der Waals surface area contributed by atoms with Crippen molar-refractivity contribution >= 4 is 5.91 Å². The van der Waals surface area contributed by atoms with Gasteiger partial charge >= 0.3 is 0 Å². The maximum atomic E-state index is 13.0.